The topological polar surface area (TPSA) is 44.8 Å². The van der Waals surface area contributed by atoms with Crippen LogP contribution in [0.1, 0.15) is 39.7 Å². The van der Waals surface area contributed by atoms with Crippen LogP contribution < -0.4 is 0 Å². The van der Waals surface area contributed by atoms with Crippen LogP contribution in [-0.4, -0.2) is 35.7 Å². The first-order valence-electron chi connectivity index (χ1n) is 7.46. The first-order valence-corrected chi connectivity index (χ1v) is 8.53. The van der Waals surface area contributed by atoms with E-state index in [4.69, 9.17) is 13.7 Å². The summed E-state index contributed by atoms with van der Waals surface area (Å²) in [5, 5.41) is 0. The second kappa shape index (κ2) is 8.20. The lowest BCUT2D eigenvalue weighted by Crippen LogP contribution is -2.34. The molecule has 0 aliphatic rings. The van der Waals surface area contributed by atoms with Crippen LogP contribution in [-0.2, 0) is 24.7 Å². The average Bonchev–Trinajstić information content (AvgIpc) is 2.45. The molecule has 22 heavy (non-hydrogen) atoms. The molecule has 0 aliphatic carbocycles. The fourth-order valence-electron chi connectivity index (χ4n) is 1.63. The first-order chi connectivity index (χ1) is 10.2. The minimum Gasteiger partial charge on any atom is -0.379 e. The van der Waals surface area contributed by atoms with Gasteiger partial charge in [-0.15, -0.1) is 0 Å². The van der Waals surface area contributed by atoms with Crippen LogP contribution in [0.4, 0.5) is 0 Å². The van der Waals surface area contributed by atoms with Crippen LogP contribution in [0, 0.1) is 6.92 Å². The number of aryl methyl sites for hydroxylation is 1. The van der Waals surface area contributed by atoms with Crippen molar-refractivity contribution >= 4 is 11.1 Å². The van der Waals surface area contributed by atoms with Crippen molar-refractivity contribution in [3.63, 3.8) is 0 Å². The highest BCUT2D eigenvalue weighted by atomic mass is 32.2. The van der Waals surface area contributed by atoms with Crippen molar-refractivity contribution in [2.45, 2.75) is 57.1 Å². The lowest BCUT2D eigenvalue weighted by molar-refractivity contribution is -0.0729. The Morgan fingerprint density at radius 2 is 1.64 bits per heavy atom. The maximum atomic E-state index is 12.1. The fourth-order valence-corrected chi connectivity index (χ4v) is 2.51. The highest BCUT2D eigenvalue weighted by Gasteiger charge is 2.23. The van der Waals surface area contributed by atoms with E-state index in [0.717, 1.165) is 12.0 Å². The Morgan fingerprint density at radius 1 is 1.05 bits per heavy atom. The summed E-state index contributed by atoms with van der Waals surface area (Å²) < 4.78 is 28.7. The van der Waals surface area contributed by atoms with E-state index < -0.39 is 16.7 Å². The summed E-state index contributed by atoms with van der Waals surface area (Å²) in [7, 11) is 1.69. The molecular weight excluding hydrogens is 300 g/mol. The summed E-state index contributed by atoms with van der Waals surface area (Å²) in [5.41, 5.74) is 0.427. The second-order valence-electron chi connectivity index (χ2n) is 6.63. The highest BCUT2D eigenvalue weighted by molar-refractivity contribution is 7.80. The number of benzene rings is 1. The first kappa shape index (κ1) is 19.3. The normalized spacial score (nSPS) is 14.1. The van der Waals surface area contributed by atoms with Crippen molar-refractivity contribution in [2.24, 2.45) is 0 Å². The van der Waals surface area contributed by atoms with Gasteiger partial charge in [-0.2, -0.15) is 0 Å². The van der Waals surface area contributed by atoms with Gasteiger partial charge >= 0.3 is 0 Å². The molecule has 0 aliphatic heterocycles. The van der Waals surface area contributed by atoms with Crippen molar-refractivity contribution in [2.75, 3.05) is 20.3 Å². The largest absolute Gasteiger partial charge is 0.379 e. The summed E-state index contributed by atoms with van der Waals surface area (Å²) in [4.78, 5) is 0.668. The lowest BCUT2D eigenvalue weighted by Gasteiger charge is -2.28. The zero-order valence-corrected chi connectivity index (χ0v) is 15.3. The van der Waals surface area contributed by atoms with Crippen LogP contribution >= 0.6 is 0 Å². The van der Waals surface area contributed by atoms with Gasteiger partial charge in [0.05, 0.1) is 29.3 Å². The average molecular weight is 328 g/mol. The number of rotatable bonds is 9. The van der Waals surface area contributed by atoms with E-state index >= 15 is 0 Å². The van der Waals surface area contributed by atoms with Gasteiger partial charge in [0.2, 0.25) is 0 Å². The number of ether oxygens (including phenoxy) is 2. The summed E-state index contributed by atoms with van der Waals surface area (Å²) in [6.07, 6.45) is 0.786. The van der Waals surface area contributed by atoms with Crippen molar-refractivity contribution in [3.8, 4) is 0 Å². The van der Waals surface area contributed by atoms with Gasteiger partial charge in [-0.25, -0.2) is 4.21 Å². The third-order valence-electron chi connectivity index (χ3n) is 3.48. The Labute approximate surface area is 136 Å². The van der Waals surface area contributed by atoms with Gasteiger partial charge in [0, 0.05) is 7.11 Å². The molecule has 0 spiro atoms. The molecule has 126 valence electrons. The fraction of sp³-hybridized carbons (Fsp3) is 0.647. The molecule has 0 aromatic heterocycles. The highest BCUT2D eigenvalue weighted by Crippen LogP contribution is 2.18. The predicted molar refractivity (Wildman–Crippen MR) is 89.3 cm³/mol. The monoisotopic (exact) mass is 328 g/mol. The van der Waals surface area contributed by atoms with Crippen molar-refractivity contribution in [1.82, 2.24) is 0 Å². The summed E-state index contributed by atoms with van der Waals surface area (Å²) in [6.45, 7) is 10.7. The molecule has 4 nitrogen and oxygen atoms in total. The third-order valence-corrected chi connectivity index (χ3v) is 4.47. The zero-order valence-electron chi connectivity index (χ0n) is 14.5. The molecule has 0 bridgehead atoms. The van der Waals surface area contributed by atoms with E-state index in [0.29, 0.717) is 11.5 Å². The SMILES string of the molecule is COC(C)(C)CCOC(C)(C)COS(=O)c1ccc(C)cc1. The number of hydrogen-bond acceptors (Lipinski definition) is 4. The molecule has 0 saturated carbocycles. The minimum atomic E-state index is -1.47. The van der Waals surface area contributed by atoms with Gasteiger partial charge in [-0.3, -0.25) is 4.18 Å². The molecule has 1 aromatic rings. The van der Waals surface area contributed by atoms with E-state index in [1.165, 1.54) is 0 Å². The summed E-state index contributed by atoms with van der Waals surface area (Å²) >= 11 is -1.47. The minimum absolute atomic E-state index is 0.207. The van der Waals surface area contributed by atoms with E-state index in [1.54, 1.807) is 7.11 Å². The maximum Gasteiger partial charge on any atom is 0.189 e. The Bertz CT molecular complexity index is 480. The van der Waals surface area contributed by atoms with Crippen LogP contribution in [0.3, 0.4) is 0 Å². The second-order valence-corrected chi connectivity index (χ2v) is 7.81. The summed E-state index contributed by atoms with van der Waals surface area (Å²) in [6, 6.07) is 7.48. The molecule has 0 saturated heterocycles. The number of hydrogen-bond donors (Lipinski definition) is 0. The zero-order chi connectivity index (χ0) is 16.8. The van der Waals surface area contributed by atoms with Gasteiger partial charge in [0.1, 0.15) is 0 Å². The van der Waals surface area contributed by atoms with Crippen molar-refractivity contribution in [3.05, 3.63) is 29.8 Å². The summed E-state index contributed by atoms with van der Waals surface area (Å²) in [5.74, 6) is 0. The van der Waals surface area contributed by atoms with Crippen LogP contribution in [0.5, 0.6) is 0 Å². The predicted octanol–water partition coefficient (Wildman–Crippen LogP) is 3.64. The Hall–Kier alpha value is -0.750. The Balaban J connectivity index is 2.41. The van der Waals surface area contributed by atoms with Gasteiger partial charge in [0.15, 0.2) is 11.1 Å². The van der Waals surface area contributed by atoms with Crippen LogP contribution in [0.2, 0.25) is 0 Å². The molecule has 1 unspecified atom stereocenters. The molecule has 1 atom stereocenters. The van der Waals surface area contributed by atoms with E-state index in [-0.39, 0.29) is 12.2 Å². The number of methoxy groups -OCH3 is 1. The maximum absolute atomic E-state index is 12.1. The van der Waals surface area contributed by atoms with Gasteiger partial charge in [-0.1, -0.05) is 17.7 Å². The third kappa shape index (κ3) is 7.01. The van der Waals surface area contributed by atoms with E-state index in [2.05, 4.69) is 0 Å². The van der Waals surface area contributed by atoms with Crippen LogP contribution in [0.25, 0.3) is 0 Å². The molecule has 5 heteroatoms. The molecule has 0 radical (unpaired) electrons. The van der Waals surface area contributed by atoms with Crippen molar-refractivity contribution < 1.29 is 17.9 Å². The van der Waals surface area contributed by atoms with E-state index in [1.807, 2.05) is 58.9 Å². The molecule has 1 aromatic carbocycles. The standard InChI is InChI=1S/C17H28O4S/c1-14-7-9-15(10-8-14)22(18)21-13-17(4,5)20-12-11-16(2,3)19-6/h7-10H,11-13H2,1-6H3. The molecular formula is C17H28O4S. The Morgan fingerprint density at radius 3 is 2.18 bits per heavy atom. The molecule has 0 amide bonds. The molecule has 1 rings (SSSR count). The smallest absolute Gasteiger partial charge is 0.189 e. The quantitative estimate of drug-likeness (QED) is 0.694. The molecule has 0 heterocycles. The molecule has 0 N–H and O–H groups in total. The van der Waals surface area contributed by atoms with Crippen molar-refractivity contribution in [1.29, 1.82) is 0 Å². The van der Waals surface area contributed by atoms with Crippen LogP contribution in [0.15, 0.2) is 29.2 Å². The molecule has 0 fully saturated rings. The lowest BCUT2D eigenvalue weighted by atomic mass is 10.1. The van der Waals surface area contributed by atoms with Gasteiger partial charge < -0.3 is 9.47 Å². The van der Waals surface area contributed by atoms with Gasteiger partial charge in [-0.05, 0) is 53.2 Å². The van der Waals surface area contributed by atoms with E-state index in [9.17, 15) is 4.21 Å². The van der Waals surface area contributed by atoms with Gasteiger partial charge in [0.25, 0.3) is 0 Å². The Kier molecular flexibility index (Phi) is 7.19.